The predicted octanol–water partition coefficient (Wildman–Crippen LogP) is 2.56. The smallest absolute Gasteiger partial charge is 0.223 e. The number of carbonyl (C=O) groups excluding carboxylic acids is 1. The van der Waals surface area contributed by atoms with Crippen LogP contribution in [0.2, 0.25) is 0 Å². The number of hydrogen-bond acceptors (Lipinski definition) is 3. The minimum absolute atomic E-state index is 0. The Balaban J connectivity index is 0.00000300. The number of aliphatic imine (C=N–C) groups is 1. The maximum Gasteiger partial charge on any atom is 0.223 e. The number of benzene rings is 1. The summed E-state index contributed by atoms with van der Waals surface area (Å²) in [4.78, 5) is 18.9. The summed E-state index contributed by atoms with van der Waals surface area (Å²) in [5.41, 5.74) is 0.628. The summed E-state index contributed by atoms with van der Waals surface area (Å²) >= 11 is 0. The molecule has 1 saturated heterocycles. The van der Waals surface area contributed by atoms with E-state index in [1.807, 2.05) is 30.0 Å². The molecule has 1 aromatic rings. The van der Waals surface area contributed by atoms with E-state index in [-0.39, 0.29) is 29.9 Å². The van der Waals surface area contributed by atoms with Crippen molar-refractivity contribution in [2.45, 2.75) is 51.0 Å². The minimum Gasteiger partial charge on any atom is -0.388 e. The molecule has 3 rings (SSSR count). The molecule has 0 bridgehead atoms. The number of nitrogens with one attached hydrogen (secondary N) is 2. The molecule has 0 spiro atoms. The van der Waals surface area contributed by atoms with E-state index in [9.17, 15) is 9.90 Å². The first kappa shape index (κ1) is 23.9. The van der Waals surface area contributed by atoms with E-state index in [1.165, 1.54) is 5.56 Å². The van der Waals surface area contributed by atoms with Gasteiger partial charge < -0.3 is 20.6 Å². The Hall–Kier alpha value is -1.35. The lowest BCUT2D eigenvalue weighted by molar-refractivity contribution is -0.127. The number of amides is 1. The fraction of sp³-hybridized carbons (Fsp3) is 0.636. The van der Waals surface area contributed by atoms with E-state index in [0.29, 0.717) is 18.9 Å². The van der Waals surface area contributed by atoms with Crippen LogP contribution in [0.15, 0.2) is 35.3 Å². The Kier molecular flexibility index (Phi) is 9.68. The zero-order valence-corrected chi connectivity index (χ0v) is 19.7. The molecule has 1 aromatic carbocycles. The quantitative estimate of drug-likeness (QED) is 0.283. The summed E-state index contributed by atoms with van der Waals surface area (Å²) in [7, 11) is 0. The lowest BCUT2D eigenvalue weighted by atomic mass is 10.0. The van der Waals surface area contributed by atoms with Gasteiger partial charge in [-0.05, 0) is 31.7 Å². The Morgan fingerprint density at radius 2 is 1.97 bits per heavy atom. The molecule has 2 fully saturated rings. The van der Waals surface area contributed by atoms with E-state index in [4.69, 9.17) is 0 Å². The van der Waals surface area contributed by atoms with Crippen molar-refractivity contribution in [2.24, 2.45) is 10.9 Å². The van der Waals surface area contributed by atoms with Crippen LogP contribution in [0, 0.1) is 5.92 Å². The van der Waals surface area contributed by atoms with Crippen LogP contribution in [0.4, 0.5) is 0 Å². The third-order valence-corrected chi connectivity index (χ3v) is 5.78. The molecule has 6 nitrogen and oxygen atoms in total. The number of nitrogens with zero attached hydrogens (tertiary/aromatic N) is 2. The number of halogens is 1. The predicted molar refractivity (Wildman–Crippen MR) is 128 cm³/mol. The van der Waals surface area contributed by atoms with Crippen molar-refractivity contribution in [1.29, 1.82) is 0 Å². The number of carbonyl (C=O) groups is 1. The normalized spacial score (nSPS) is 21.2. The van der Waals surface area contributed by atoms with Crippen LogP contribution in [0.3, 0.4) is 0 Å². The highest BCUT2D eigenvalue weighted by Gasteiger charge is 2.31. The van der Waals surface area contributed by atoms with Crippen LogP contribution in [-0.4, -0.2) is 60.2 Å². The molecule has 1 saturated carbocycles. The van der Waals surface area contributed by atoms with Crippen molar-refractivity contribution in [2.75, 3.05) is 32.7 Å². The Morgan fingerprint density at radius 1 is 1.24 bits per heavy atom. The highest BCUT2D eigenvalue weighted by atomic mass is 127. The molecule has 162 valence electrons. The summed E-state index contributed by atoms with van der Waals surface area (Å²) in [6, 6.07) is 10.3. The maximum absolute atomic E-state index is 12.3. The molecule has 1 unspecified atom stereocenters. The van der Waals surface area contributed by atoms with Gasteiger partial charge in [-0.1, -0.05) is 43.2 Å². The van der Waals surface area contributed by atoms with Gasteiger partial charge in [0.05, 0.1) is 12.1 Å². The first-order valence-electron chi connectivity index (χ1n) is 10.6. The van der Waals surface area contributed by atoms with Crippen LogP contribution in [0.5, 0.6) is 0 Å². The van der Waals surface area contributed by atoms with Gasteiger partial charge in [0.2, 0.25) is 5.91 Å². The average Bonchev–Trinajstić information content (AvgIpc) is 3.29. The summed E-state index contributed by atoms with van der Waals surface area (Å²) in [5, 5.41) is 17.1. The molecule has 29 heavy (non-hydrogen) atoms. The van der Waals surface area contributed by atoms with E-state index in [2.05, 4.69) is 27.8 Å². The second-order valence-electron chi connectivity index (χ2n) is 8.15. The van der Waals surface area contributed by atoms with Gasteiger partial charge in [-0.2, -0.15) is 0 Å². The highest BCUT2D eigenvalue weighted by Crippen LogP contribution is 2.29. The van der Waals surface area contributed by atoms with Gasteiger partial charge >= 0.3 is 0 Å². The largest absolute Gasteiger partial charge is 0.388 e. The fourth-order valence-electron chi connectivity index (χ4n) is 4.12. The molecular weight excluding hydrogens is 479 g/mol. The van der Waals surface area contributed by atoms with Crippen LogP contribution in [-0.2, 0) is 11.2 Å². The lowest BCUT2D eigenvalue weighted by Gasteiger charge is -2.21. The molecule has 1 heterocycles. The molecule has 3 N–H and O–H groups in total. The van der Waals surface area contributed by atoms with Gasteiger partial charge in [0.1, 0.15) is 0 Å². The van der Waals surface area contributed by atoms with E-state index in [1.54, 1.807) is 0 Å². The maximum atomic E-state index is 12.3. The second kappa shape index (κ2) is 11.7. The summed E-state index contributed by atoms with van der Waals surface area (Å²) in [6.07, 6.45) is 5.32. The van der Waals surface area contributed by atoms with E-state index in [0.717, 1.165) is 64.2 Å². The van der Waals surface area contributed by atoms with Crippen molar-refractivity contribution in [3.05, 3.63) is 35.9 Å². The van der Waals surface area contributed by atoms with Gasteiger partial charge in [-0.3, -0.25) is 9.79 Å². The van der Waals surface area contributed by atoms with Crippen molar-refractivity contribution in [3.63, 3.8) is 0 Å². The van der Waals surface area contributed by atoms with Gasteiger partial charge in [-0.25, -0.2) is 0 Å². The van der Waals surface area contributed by atoms with Crippen LogP contribution < -0.4 is 10.6 Å². The van der Waals surface area contributed by atoms with Gasteiger partial charge in [0.25, 0.3) is 0 Å². The molecular formula is C22H35IN4O2. The van der Waals surface area contributed by atoms with Crippen LogP contribution in [0.1, 0.15) is 44.6 Å². The SMILES string of the molecule is CCNC(=NCC1(O)CCCC1)NCC1CC(=O)N(CCc2ccccc2)C1.I. The molecule has 1 atom stereocenters. The Labute approximate surface area is 191 Å². The number of hydrogen-bond donors (Lipinski definition) is 3. The van der Waals surface area contributed by atoms with Gasteiger partial charge in [-0.15, -0.1) is 24.0 Å². The third kappa shape index (κ3) is 7.44. The first-order chi connectivity index (χ1) is 13.6. The van der Waals surface area contributed by atoms with Crippen LogP contribution in [0.25, 0.3) is 0 Å². The molecule has 1 amide bonds. The fourth-order valence-corrected chi connectivity index (χ4v) is 4.12. The Bertz CT molecular complexity index is 662. The van der Waals surface area contributed by atoms with Gasteiger partial charge in [0, 0.05) is 38.5 Å². The number of guanidine groups is 1. The zero-order chi connectivity index (χ0) is 19.8. The molecule has 1 aliphatic heterocycles. The van der Waals surface area contributed by atoms with E-state index >= 15 is 0 Å². The summed E-state index contributed by atoms with van der Waals surface area (Å²) < 4.78 is 0. The average molecular weight is 514 g/mol. The summed E-state index contributed by atoms with van der Waals surface area (Å²) in [6.45, 7) is 5.54. The van der Waals surface area contributed by atoms with E-state index < -0.39 is 5.60 Å². The lowest BCUT2D eigenvalue weighted by Crippen LogP contribution is -2.41. The topological polar surface area (TPSA) is 77.0 Å². The van der Waals surface area contributed by atoms with Crippen molar-refractivity contribution < 1.29 is 9.90 Å². The number of aliphatic hydroxyl groups is 1. The zero-order valence-electron chi connectivity index (χ0n) is 17.4. The molecule has 0 radical (unpaired) electrons. The van der Waals surface area contributed by atoms with Crippen molar-refractivity contribution in [3.8, 4) is 0 Å². The number of likely N-dealkylation sites (tertiary alicyclic amines) is 1. The molecule has 1 aliphatic carbocycles. The Morgan fingerprint density at radius 3 is 2.66 bits per heavy atom. The van der Waals surface area contributed by atoms with Crippen LogP contribution >= 0.6 is 24.0 Å². The summed E-state index contributed by atoms with van der Waals surface area (Å²) in [5.74, 6) is 1.27. The first-order valence-corrected chi connectivity index (χ1v) is 10.6. The van der Waals surface area contributed by atoms with Gasteiger partial charge in [0.15, 0.2) is 5.96 Å². The number of rotatable bonds is 8. The highest BCUT2D eigenvalue weighted by molar-refractivity contribution is 14.0. The molecule has 2 aliphatic rings. The third-order valence-electron chi connectivity index (χ3n) is 5.78. The van der Waals surface area contributed by atoms with Crippen molar-refractivity contribution in [1.82, 2.24) is 15.5 Å². The molecule has 0 aromatic heterocycles. The second-order valence-corrected chi connectivity index (χ2v) is 8.15. The minimum atomic E-state index is -0.639. The molecule has 7 heteroatoms. The monoisotopic (exact) mass is 514 g/mol. The van der Waals surface area contributed by atoms with Crippen molar-refractivity contribution >= 4 is 35.8 Å². The standard InChI is InChI=1S/C22H34N4O2.HI/c1-2-23-21(25-17-22(28)11-6-7-12-22)24-15-19-14-20(27)26(16-19)13-10-18-8-4-3-5-9-18;/h3-5,8-9,19,28H,2,6-7,10-17H2,1H3,(H2,23,24,25);1H.